The van der Waals surface area contributed by atoms with E-state index in [4.69, 9.17) is 0 Å². The normalized spacial score (nSPS) is 13.5. The molecule has 0 bridgehead atoms. The molecule has 0 saturated carbocycles. The summed E-state index contributed by atoms with van der Waals surface area (Å²) >= 11 is 0. The van der Waals surface area contributed by atoms with E-state index < -0.39 is 15.9 Å². The number of aryl methyl sites for hydroxylation is 1. The summed E-state index contributed by atoms with van der Waals surface area (Å²) in [7, 11) is -2.90. The van der Waals surface area contributed by atoms with E-state index in [1.807, 2.05) is 31.2 Å². The zero-order chi connectivity index (χ0) is 13.6. The lowest BCUT2D eigenvalue weighted by molar-refractivity contribution is 0.164. The molecule has 0 fully saturated rings. The lowest BCUT2D eigenvalue weighted by Crippen LogP contribution is -2.14. The Morgan fingerprint density at radius 3 is 2.39 bits per heavy atom. The molecular formula is C14H22O3S. The van der Waals surface area contributed by atoms with Gasteiger partial charge in [0.15, 0.2) is 0 Å². The maximum atomic E-state index is 11.3. The van der Waals surface area contributed by atoms with Crippen molar-refractivity contribution in [3.8, 4) is 0 Å². The maximum Gasteiger partial charge on any atom is 0.150 e. The molecule has 0 heterocycles. The molecule has 0 aliphatic heterocycles. The van der Waals surface area contributed by atoms with Crippen molar-refractivity contribution in [1.82, 2.24) is 0 Å². The standard InChI is InChI=1S/C14H22O3S/c1-3-18(16,17)10-4-5-14(15)11-13-8-6-12(2)7-9-13/h6-9,14-15H,3-5,10-11H2,1-2H3. The van der Waals surface area contributed by atoms with Crippen molar-refractivity contribution in [2.75, 3.05) is 11.5 Å². The molecule has 1 rings (SSSR count). The molecule has 18 heavy (non-hydrogen) atoms. The highest BCUT2D eigenvalue weighted by molar-refractivity contribution is 7.91. The summed E-state index contributed by atoms with van der Waals surface area (Å²) in [6, 6.07) is 8.04. The van der Waals surface area contributed by atoms with Gasteiger partial charge in [-0.15, -0.1) is 0 Å². The zero-order valence-electron chi connectivity index (χ0n) is 11.1. The molecule has 1 N–H and O–H groups in total. The zero-order valence-corrected chi connectivity index (χ0v) is 11.9. The van der Waals surface area contributed by atoms with Crippen LogP contribution < -0.4 is 0 Å². The van der Waals surface area contributed by atoms with Gasteiger partial charge in [0.2, 0.25) is 0 Å². The predicted molar refractivity (Wildman–Crippen MR) is 74.5 cm³/mol. The van der Waals surface area contributed by atoms with E-state index in [0.29, 0.717) is 19.3 Å². The minimum atomic E-state index is -2.90. The number of hydrogen-bond donors (Lipinski definition) is 1. The van der Waals surface area contributed by atoms with Gasteiger partial charge >= 0.3 is 0 Å². The van der Waals surface area contributed by atoms with Crippen molar-refractivity contribution >= 4 is 9.84 Å². The van der Waals surface area contributed by atoms with Crippen LogP contribution in [-0.4, -0.2) is 31.1 Å². The molecule has 0 amide bonds. The monoisotopic (exact) mass is 270 g/mol. The van der Waals surface area contributed by atoms with Crippen LogP contribution in [0.5, 0.6) is 0 Å². The van der Waals surface area contributed by atoms with Crippen LogP contribution in [0.25, 0.3) is 0 Å². The average molecular weight is 270 g/mol. The Hall–Kier alpha value is -0.870. The molecule has 102 valence electrons. The summed E-state index contributed by atoms with van der Waals surface area (Å²) < 4.78 is 22.6. The average Bonchev–Trinajstić information content (AvgIpc) is 2.32. The Morgan fingerprint density at radius 2 is 1.83 bits per heavy atom. The second-order valence-corrected chi connectivity index (χ2v) is 7.19. The van der Waals surface area contributed by atoms with E-state index in [1.54, 1.807) is 6.92 Å². The van der Waals surface area contributed by atoms with Crippen molar-refractivity contribution in [3.63, 3.8) is 0 Å². The van der Waals surface area contributed by atoms with Gasteiger partial charge in [0.1, 0.15) is 9.84 Å². The third-order valence-electron chi connectivity index (χ3n) is 3.02. The summed E-state index contributed by atoms with van der Waals surface area (Å²) in [5.41, 5.74) is 2.29. The summed E-state index contributed by atoms with van der Waals surface area (Å²) in [5.74, 6) is 0.357. The molecular weight excluding hydrogens is 248 g/mol. The first-order chi connectivity index (χ1) is 8.43. The van der Waals surface area contributed by atoms with Gasteiger partial charge in [-0.1, -0.05) is 36.8 Å². The van der Waals surface area contributed by atoms with Crippen molar-refractivity contribution in [3.05, 3.63) is 35.4 Å². The van der Waals surface area contributed by atoms with Crippen LogP contribution >= 0.6 is 0 Å². The van der Waals surface area contributed by atoms with Gasteiger partial charge in [-0.05, 0) is 31.7 Å². The molecule has 1 aromatic carbocycles. The Labute approximate surface area is 110 Å². The predicted octanol–water partition coefficient (Wildman–Crippen LogP) is 2.11. The number of hydrogen-bond acceptors (Lipinski definition) is 3. The van der Waals surface area contributed by atoms with E-state index in [2.05, 4.69) is 0 Å². The molecule has 1 atom stereocenters. The number of sulfone groups is 1. The first-order valence-corrected chi connectivity index (χ1v) is 8.19. The molecule has 3 nitrogen and oxygen atoms in total. The van der Waals surface area contributed by atoms with Gasteiger partial charge in [-0.25, -0.2) is 8.42 Å². The molecule has 0 aromatic heterocycles. The lowest BCUT2D eigenvalue weighted by atomic mass is 10.0. The van der Waals surface area contributed by atoms with E-state index in [0.717, 1.165) is 5.56 Å². The van der Waals surface area contributed by atoms with Crippen LogP contribution in [0, 0.1) is 6.92 Å². The first-order valence-electron chi connectivity index (χ1n) is 6.37. The molecule has 0 aliphatic carbocycles. The van der Waals surface area contributed by atoms with Gasteiger partial charge in [0.05, 0.1) is 11.9 Å². The summed E-state index contributed by atoms with van der Waals surface area (Å²) in [6.07, 6.45) is 1.20. The minimum absolute atomic E-state index is 0.175. The number of aliphatic hydroxyl groups is 1. The van der Waals surface area contributed by atoms with Crippen LogP contribution in [0.2, 0.25) is 0 Å². The Morgan fingerprint density at radius 1 is 1.22 bits per heavy atom. The lowest BCUT2D eigenvalue weighted by Gasteiger charge is -2.10. The highest BCUT2D eigenvalue weighted by Gasteiger charge is 2.10. The van der Waals surface area contributed by atoms with Crippen molar-refractivity contribution < 1.29 is 13.5 Å². The van der Waals surface area contributed by atoms with E-state index in [9.17, 15) is 13.5 Å². The molecule has 0 aliphatic rings. The van der Waals surface area contributed by atoms with Crippen molar-refractivity contribution in [1.29, 1.82) is 0 Å². The van der Waals surface area contributed by atoms with E-state index in [1.165, 1.54) is 5.56 Å². The second-order valence-electron chi connectivity index (χ2n) is 4.72. The SMILES string of the molecule is CCS(=O)(=O)CCCC(O)Cc1ccc(C)cc1. The largest absolute Gasteiger partial charge is 0.393 e. The summed E-state index contributed by atoms with van der Waals surface area (Å²) in [6.45, 7) is 3.67. The van der Waals surface area contributed by atoms with Crippen LogP contribution in [0.15, 0.2) is 24.3 Å². The van der Waals surface area contributed by atoms with Crippen LogP contribution in [0.3, 0.4) is 0 Å². The maximum absolute atomic E-state index is 11.3. The topological polar surface area (TPSA) is 54.4 Å². The Bertz CT molecular complexity index is 448. The van der Waals surface area contributed by atoms with Gasteiger partial charge in [0.25, 0.3) is 0 Å². The Balaban J connectivity index is 2.34. The van der Waals surface area contributed by atoms with Gasteiger partial charge < -0.3 is 5.11 Å². The highest BCUT2D eigenvalue weighted by Crippen LogP contribution is 2.10. The van der Waals surface area contributed by atoms with E-state index >= 15 is 0 Å². The highest BCUT2D eigenvalue weighted by atomic mass is 32.2. The van der Waals surface area contributed by atoms with Crippen molar-refractivity contribution in [2.45, 2.75) is 39.2 Å². The first kappa shape index (κ1) is 15.2. The fourth-order valence-electron chi connectivity index (χ4n) is 1.78. The summed E-state index contributed by atoms with van der Waals surface area (Å²) in [5, 5.41) is 9.85. The van der Waals surface area contributed by atoms with Gasteiger partial charge in [-0.3, -0.25) is 0 Å². The smallest absolute Gasteiger partial charge is 0.150 e. The molecule has 0 saturated heterocycles. The van der Waals surface area contributed by atoms with Crippen LogP contribution in [0.1, 0.15) is 30.9 Å². The molecule has 0 radical (unpaired) electrons. The number of rotatable bonds is 7. The second kappa shape index (κ2) is 6.90. The quantitative estimate of drug-likeness (QED) is 0.825. The minimum Gasteiger partial charge on any atom is -0.393 e. The van der Waals surface area contributed by atoms with Gasteiger partial charge in [0, 0.05) is 5.75 Å². The fourth-order valence-corrected chi connectivity index (χ4v) is 2.68. The third-order valence-corrected chi connectivity index (χ3v) is 4.81. The number of aliphatic hydroxyl groups excluding tert-OH is 1. The van der Waals surface area contributed by atoms with Gasteiger partial charge in [-0.2, -0.15) is 0 Å². The molecule has 1 aromatic rings. The number of benzene rings is 1. The van der Waals surface area contributed by atoms with Crippen molar-refractivity contribution in [2.24, 2.45) is 0 Å². The van der Waals surface area contributed by atoms with E-state index in [-0.39, 0.29) is 11.5 Å². The molecule has 1 unspecified atom stereocenters. The fraction of sp³-hybridized carbons (Fsp3) is 0.571. The third kappa shape index (κ3) is 5.65. The summed E-state index contributed by atoms with van der Waals surface area (Å²) in [4.78, 5) is 0. The van der Waals surface area contributed by atoms with Crippen LogP contribution in [0.4, 0.5) is 0 Å². The molecule has 0 spiro atoms. The Kier molecular flexibility index (Phi) is 5.82. The molecule has 4 heteroatoms. The van der Waals surface area contributed by atoms with Crippen LogP contribution in [-0.2, 0) is 16.3 Å².